The molecule has 6 atom stereocenters. The Bertz CT molecular complexity index is 601. The summed E-state index contributed by atoms with van der Waals surface area (Å²) in [7, 11) is 0. The molecule has 1 heteroatoms. The summed E-state index contributed by atoms with van der Waals surface area (Å²) in [5.74, 6) is 5.31. The number of hydrogen-bond donors (Lipinski definition) is 0. The maximum atomic E-state index is 13.2. The van der Waals surface area contributed by atoms with Crippen molar-refractivity contribution in [1.82, 2.24) is 0 Å². The standard InChI is InChI=1S/C25H35F/c1-2-3-4-5-18-6-14-24-21(16-18)7-8-22-17-20(11-15-25(22)24)19-9-12-23(26)13-10-19/h4-5,9-10,12-13,18,20-22,24-25H,2-3,6-8,11,14-17H2,1H3/t18-,20-,21-,22+,24+,25+/m1/s1. The van der Waals surface area contributed by atoms with Gasteiger partial charge in [0.1, 0.15) is 5.82 Å². The lowest BCUT2D eigenvalue weighted by Gasteiger charge is -2.50. The summed E-state index contributed by atoms with van der Waals surface area (Å²) in [6.07, 6.45) is 18.8. The summed E-state index contributed by atoms with van der Waals surface area (Å²) in [5.41, 5.74) is 1.37. The third-order valence-electron chi connectivity index (χ3n) is 7.79. The monoisotopic (exact) mass is 354 g/mol. The predicted octanol–water partition coefficient (Wildman–Crippen LogP) is 7.51. The van der Waals surface area contributed by atoms with E-state index in [1.54, 1.807) is 12.1 Å². The fraction of sp³-hybridized carbons (Fsp3) is 0.680. The Balaban J connectivity index is 1.36. The van der Waals surface area contributed by atoms with Crippen LogP contribution in [-0.4, -0.2) is 0 Å². The van der Waals surface area contributed by atoms with E-state index in [0.717, 1.165) is 29.6 Å². The molecule has 3 aliphatic carbocycles. The average Bonchev–Trinajstić information content (AvgIpc) is 2.68. The summed E-state index contributed by atoms with van der Waals surface area (Å²) >= 11 is 0. The van der Waals surface area contributed by atoms with Crippen LogP contribution in [0.3, 0.4) is 0 Å². The van der Waals surface area contributed by atoms with E-state index in [1.165, 1.54) is 69.8 Å². The smallest absolute Gasteiger partial charge is 0.123 e. The first kappa shape index (κ1) is 18.3. The molecule has 0 spiro atoms. The topological polar surface area (TPSA) is 0 Å². The van der Waals surface area contributed by atoms with Crippen molar-refractivity contribution in [1.29, 1.82) is 0 Å². The third-order valence-corrected chi connectivity index (χ3v) is 7.79. The fourth-order valence-electron chi connectivity index (χ4n) is 6.50. The van der Waals surface area contributed by atoms with Crippen molar-refractivity contribution in [2.75, 3.05) is 0 Å². The SMILES string of the molecule is CCCC=C[C@@H]1CC[C@H]2[C@H](CC[C@H]3C[C@H](c4ccc(F)cc4)CC[C@@H]32)C1. The highest BCUT2D eigenvalue weighted by Gasteiger charge is 2.44. The maximum Gasteiger partial charge on any atom is 0.123 e. The zero-order chi connectivity index (χ0) is 17.9. The van der Waals surface area contributed by atoms with Gasteiger partial charge in [-0.25, -0.2) is 4.39 Å². The van der Waals surface area contributed by atoms with Crippen LogP contribution in [0.5, 0.6) is 0 Å². The lowest BCUT2D eigenvalue weighted by molar-refractivity contribution is 0.0127. The first-order chi connectivity index (χ1) is 12.7. The molecule has 0 aliphatic heterocycles. The normalized spacial score (nSPS) is 37.3. The molecule has 0 heterocycles. The molecule has 0 aromatic heterocycles. The van der Waals surface area contributed by atoms with Gasteiger partial charge in [-0.2, -0.15) is 0 Å². The van der Waals surface area contributed by atoms with Crippen LogP contribution in [0.25, 0.3) is 0 Å². The summed E-state index contributed by atoms with van der Waals surface area (Å²) < 4.78 is 13.2. The van der Waals surface area contributed by atoms with Crippen LogP contribution in [0, 0.1) is 35.4 Å². The fourth-order valence-corrected chi connectivity index (χ4v) is 6.50. The molecule has 0 radical (unpaired) electrons. The minimum Gasteiger partial charge on any atom is -0.207 e. The first-order valence-electron chi connectivity index (χ1n) is 11.2. The zero-order valence-electron chi connectivity index (χ0n) is 16.4. The van der Waals surface area contributed by atoms with Crippen LogP contribution in [0.15, 0.2) is 36.4 Å². The van der Waals surface area contributed by atoms with Gasteiger partial charge in [0.05, 0.1) is 0 Å². The Morgan fingerprint density at radius 2 is 1.58 bits per heavy atom. The Kier molecular flexibility index (Phi) is 5.81. The van der Waals surface area contributed by atoms with E-state index >= 15 is 0 Å². The van der Waals surface area contributed by atoms with E-state index in [-0.39, 0.29) is 5.82 Å². The highest BCUT2D eigenvalue weighted by molar-refractivity contribution is 5.21. The van der Waals surface area contributed by atoms with Gasteiger partial charge in [-0.15, -0.1) is 0 Å². The van der Waals surface area contributed by atoms with Gasteiger partial charge in [-0.05, 0) is 111 Å². The molecule has 4 rings (SSSR count). The van der Waals surface area contributed by atoms with Crippen molar-refractivity contribution < 1.29 is 4.39 Å². The summed E-state index contributed by atoms with van der Waals surface area (Å²) in [5, 5.41) is 0. The molecule has 0 amide bonds. The molecule has 142 valence electrons. The van der Waals surface area contributed by atoms with Gasteiger partial charge >= 0.3 is 0 Å². The second-order valence-corrected chi connectivity index (χ2v) is 9.28. The quantitative estimate of drug-likeness (QED) is 0.491. The van der Waals surface area contributed by atoms with Gasteiger partial charge in [0.25, 0.3) is 0 Å². The summed E-state index contributed by atoms with van der Waals surface area (Å²) in [6, 6.07) is 7.34. The molecule has 3 fully saturated rings. The summed E-state index contributed by atoms with van der Waals surface area (Å²) in [4.78, 5) is 0. The van der Waals surface area contributed by atoms with Gasteiger partial charge < -0.3 is 0 Å². The first-order valence-corrected chi connectivity index (χ1v) is 11.2. The van der Waals surface area contributed by atoms with Crippen LogP contribution in [0.2, 0.25) is 0 Å². The van der Waals surface area contributed by atoms with Crippen molar-refractivity contribution in [3.8, 4) is 0 Å². The number of allylic oxidation sites excluding steroid dienone is 2. The Morgan fingerprint density at radius 1 is 0.885 bits per heavy atom. The molecular weight excluding hydrogens is 319 g/mol. The lowest BCUT2D eigenvalue weighted by atomic mass is 9.55. The Labute approximate surface area is 159 Å². The molecule has 1 aromatic carbocycles. The molecular formula is C25H35F. The van der Waals surface area contributed by atoms with Crippen LogP contribution in [0.4, 0.5) is 4.39 Å². The van der Waals surface area contributed by atoms with E-state index < -0.39 is 0 Å². The molecule has 0 unspecified atom stereocenters. The molecule has 0 N–H and O–H groups in total. The van der Waals surface area contributed by atoms with Crippen molar-refractivity contribution >= 4 is 0 Å². The van der Waals surface area contributed by atoms with E-state index in [1.807, 2.05) is 12.1 Å². The largest absolute Gasteiger partial charge is 0.207 e. The number of fused-ring (bicyclic) bond motifs is 3. The van der Waals surface area contributed by atoms with Crippen LogP contribution in [0.1, 0.15) is 82.6 Å². The van der Waals surface area contributed by atoms with Crippen molar-refractivity contribution in [3.63, 3.8) is 0 Å². The van der Waals surface area contributed by atoms with E-state index in [4.69, 9.17) is 0 Å². The molecule has 1 aromatic rings. The number of halogens is 1. The molecule has 3 aliphatic rings. The van der Waals surface area contributed by atoms with Crippen LogP contribution < -0.4 is 0 Å². The summed E-state index contributed by atoms with van der Waals surface area (Å²) in [6.45, 7) is 2.27. The second kappa shape index (κ2) is 8.28. The number of unbranched alkanes of at least 4 members (excludes halogenated alkanes) is 1. The van der Waals surface area contributed by atoms with Crippen LogP contribution >= 0.6 is 0 Å². The molecule has 0 saturated heterocycles. The molecule has 3 saturated carbocycles. The van der Waals surface area contributed by atoms with Gasteiger partial charge in [0, 0.05) is 0 Å². The number of hydrogen-bond acceptors (Lipinski definition) is 0. The van der Waals surface area contributed by atoms with Crippen LogP contribution in [-0.2, 0) is 0 Å². The lowest BCUT2D eigenvalue weighted by Crippen LogP contribution is -2.41. The predicted molar refractivity (Wildman–Crippen MR) is 108 cm³/mol. The van der Waals surface area contributed by atoms with E-state index in [9.17, 15) is 4.39 Å². The maximum absolute atomic E-state index is 13.2. The third kappa shape index (κ3) is 3.92. The number of benzene rings is 1. The van der Waals surface area contributed by atoms with Gasteiger partial charge in [0.2, 0.25) is 0 Å². The molecule has 26 heavy (non-hydrogen) atoms. The van der Waals surface area contributed by atoms with Crippen molar-refractivity contribution in [3.05, 3.63) is 47.8 Å². The Morgan fingerprint density at radius 3 is 2.31 bits per heavy atom. The van der Waals surface area contributed by atoms with E-state index in [0.29, 0.717) is 5.92 Å². The van der Waals surface area contributed by atoms with Crippen molar-refractivity contribution in [2.45, 2.75) is 77.0 Å². The highest BCUT2D eigenvalue weighted by Crippen LogP contribution is 2.54. The number of rotatable bonds is 4. The van der Waals surface area contributed by atoms with Crippen molar-refractivity contribution in [2.24, 2.45) is 29.6 Å². The van der Waals surface area contributed by atoms with Gasteiger partial charge in [0.15, 0.2) is 0 Å². The Hall–Kier alpha value is -1.11. The van der Waals surface area contributed by atoms with E-state index in [2.05, 4.69) is 19.1 Å². The van der Waals surface area contributed by atoms with Gasteiger partial charge in [-0.1, -0.05) is 37.6 Å². The minimum absolute atomic E-state index is 0.104. The molecule has 0 nitrogen and oxygen atoms in total. The van der Waals surface area contributed by atoms with Gasteiger partial charge in [-0.3, -0.25) is 0 Å². The minimum atomic E-state index is -0.104. The average molecular weight is 355 g/mol. The highest BCUT2D eigenvalue weighted by atomic mass is 19.1. The zero-order valence-corrected chi connectivity index (χ0v) is 16.4. The molecule has 0 bridgehead atoms. The second-order valence-electron chi connectivity index (χ2n) is 9.28.